The standard InChI is InChI=1S/C57H74F3N9O6S/c1-33(37-17-19-39(20-18-37)51-35(3)62-32-76-51)64-54(73)47-28-43(70)31-69(47)55(74)52(56(5,6)7)67-49(71)15-13-11-9-10-12-14-16-50(72)68-23-21-38(22-24-68)44-29-45-46(30-48(44)75-8)65-36(4)66-53(45)63-34(2)40-25-41(57(58,59)60)27-42(61)26-40/h17-20,25-27,29-30,32-34,38,43,47,52,70H,9-16,21-24,28,31,61H2,1-8H3,(H,64,73)(H,67,71)(H,63,65,66)/t33-,34+,43+,47-,52+/m0/s1. The highest BCUT2D eigenvalue weighted by atomic mass is 32.1. The largest absolute Gasteiger partial charge is 0.496 e. The third kappa shape index (κ3) is 14.4. The molecule has 2 aromatic heterocycles. The number of anilines is 2. The molecule has 0 saturated carbocycles. The molecule has 76 heavy (non-hydrogen) atoms. The Balaban J connectivity index is 0.827. The Morgan fingerprint density at radius 3 is 2.17 bits per heavy atom. The summed E-state index contributed by atoms with van der Waals surface area (Å²) >= 11 is 1.57. The van der Waals surface area contributed by atoms with Gasteiger partial charge in [-0.1, -0.05) is 70.7 Å². The van der Waals surface area contributed by atoms with Gasteiger partial charge in [-0.25, -0.2) is 15.0 Å². The van der Waals surface area contributed by atoms with Crippen molar-refractivity contribution in [2.75, 3.05) is 37.8 Å². The number of nitrogens with zero attached hydrogens (tertiary/aromatic N) is 5. The number of halogens is 3. The van der Waals surface area contributed by atoms with E-state index in [2.05, 4.69) is 30.9 Å². The third-order valence-electron chi connectivity index (χ3n) is 14.7. The van der Waals surface area contributed by atoms with Crippen LogP contribution in [0.2, 0.25) is 0 Å². The summed E-state index contributed by atoms with van der Waals surface area (Å²) in [5, 5.41) is 20.7. The Morgan fingerprint density at radius 1 is 0.868 bits per heavy atom. The van der Waals surface area contributed by atoms with Crippen molar-refractivity contribution in [3.8, 4) is 16.2 Å². The Bertz CT molecular complexity index is 2850. The second kappa shape index (κ2) is 24.8. The predicted molar refractivity (Wildman–Crippen MR) is 291 cm³/mol. The van der Waals surface area contributed by atoms with E-state index in [9.17, 15) is 37.5 Å². The number of rotatable bonds is 20. The summed E-state index contributed by atoms with van der Waals surface area (Å²) in [5.41, 5.74) is 11.1. The van der Waals surface area contributed by atoms with E-state index in [4.69, 9.17) is 10.5 Å². The molecule has 4 heterocycles. The number of unbranched alkanes of at least 4 members (excludes halogenated alkanes) is 5. The summed E-state index contributed by atoms with van der Waals surface area (Å²) in [7, 11) is 1.61. The van der Waals surface area contributed by atoms with Crippen molar-refractivity contribution in [1.82, 2.24) is 35.4 Å². The Kier molecular flexibility index (Phi) is 18.7. The Morgan fingerprint density at radius 2 is 1.54 bits per heavy atom. The lowest BCUT2D eigenvalue weighted by atomic mass is 9.85. The minimum Gasteiger partial charge on any atom is -0.496 e. The summed E-state index contributed by atoms with van der Waals surface area (Å²) in [5.74, 6) is 0.860. The van der Waals surface area contributed by atoms with E-state index in [0.717, 1.165) is 84.3 Å². The molecular weight excluding hydrogens is 996 g/mol. The molecule has 410 valence electrons. The number of benzene rings is 3. The van der Waals surface area contributed by atoms with Crippen LogP contribution in [0.3, 0.4) is 0 Å². The minimum atomic E-state index is -4.54. The Hall–Kier alpha value is -6.34. The minimum absolute atomic E-state index is 0.00201. The number of nitrogens with two attached hydrogens (primary N) is 1. The molecule has 7 rings (SSSR count). The number of aliphatic hydroxyl groups excluding tert-OH is 1. The molecule has 2 fully saturated rings. The molecule has 0 radical (unpaired) electrons. The van der Waals surface area contributed by atoms with Gasteiger partial charge < -0.3 is 41.3 Å². The van der Waals surface area contributed by atoms with Crippen LogP contribution in [0.15, 0.2) is 60.1 Å². The van der Waals surface area contributed by atoms with Gasteiger partial charge in [0.2, 0.25) is 23.6 Å². The number of β-amino-alcohol motifs (C(OH)–C–C–N with tert-alkyl or cyclic N) is 1. The highest BCUT2D eigenvalue weighted by Gasteiger charge is 2.45. The van der Waals surface area contributed by atoms with E-state index < -0.39 is 47.3 Å². The number of hydrogen-bond donors (Lipinski definition) is 5. The average Bonchev–Trinajstić information content (AvgIpc) is 4.00. The number of carbonyl (C=O) groups is 4. The first kappa shape index (κ1) is 57.4. The smallest absolute Gasteiger partial charge is 0.416 e. The van der Waals surface area contributed by atoms with Crippen LogP contribution in [-0.4, -0.2) is 98.4 Å². The van der Waals surface area contributed by atoms with Gasteiger partial charge >= 0.3 is 6.18 Å². The topological polar surface area (TPSA) is 205 Å². The fraction of sp³-hybridized carbons (Fsp3) is 0.526. The third-order valence-corrected chi connectivity index (χ3v) is 15.7. The maximum Gasteiger partial charge on any atom is 0.416 e. The van der Waals surface area contributed by atoms with Crippen molar-refractivity contribution in [3.63, 3.8) is 0 Å². The van der Waals surface area contributed by atoms with Crippen molar-refractivity contribution in [3.05, 3.63) is 93.9 Å². The molecule has 2 aliphatic heterocycles. The fourth-order valence-corrected chi connectivity index (χ4v) is 11.2. The van der Waals surface area contributed by atoms with Gasteiger partial charge in [0.15, 0.2) is 0 Å². The van der Waals surface area contributed by atoms with Gasteiger partial charge in [0.05, 0.1) is 52.5 Å². The van der Waals surface area contributed by atoms with Gasteiger partial charge in [-0.15, -0.1) is 11.3 Å². The molecule has 5 atom stereocenters. The van der Waals surface area contributed by atoms with Gasteiger partial charge in [-0.05, 0) is 111 Å². The van der Waals surface area contributed by atoms with E-state index in [-0.39, 0.29) is 54.8 Å². The van der Waals surface area contributed by atoms with Crippen LogP contribution >= 0.6 is 11.3 Å². The van der Waals surface area contributed by atoms with Crippen molar-refractivity contribution in [2.45, 2.75) is 161 Å². The van der Waals surface area contributed by atoms with Gasteiger partial charge in [0, 0.05) is 56.0 Å². The summed E-state index contributed by atoms with van der Waals surface area (Å²) in [6.07, 6.45) is 1.77. The van der Waals surface area contributed by atoms with Crippen LogP contribution in [0.1, 0.15) is 157 Å². The van der Waals surface area contributed by atoms with Crippen molar-refractivity contribution >= 4 is 57.4 Å². The van der Waals surface area contributed by atoms with Gasteiger partial charge in [0.1, 0.15) is 29.5 Å². The number of nitrogen functional groups attached to an aromatic ring is 1. The molecule has 5 aromatic rings. The molecule has 0 spiro atoms. The first-order valence-corrected chi connectivity index (χ1v) is 27.4. The van der Waals surface area contributed by atoms with Crippen LogP contribution in [-0.2, 0) is 25.4 Å². The first-order valence-electron chi connectivity index (χ1n) is 26.5. The molecule has 6 N–H and O–H groups in total. The SMILES string of the molecule is COc1cc2nc(C)nc(N[C@H](C)c3cc(N)cc(C(F)(F)F)c3)c2cc1C1CCN(C(=O)CCCCCCCCC(=O)N[C@H](C(=O)N2C[C@H](O)C[C@H]2C(=O)N[C@@H](C)c2ccc(-c3scnc3C)cc2)C(C)(C)C)CC1. The number of ether oxygens (including phenoxy) is 1. The quantitative estimate of drug-likeness (QED) is 0.0366. The molecule has 15 nitrogen and oxygen atoms in total. The lowest BCUT2D eigenvalue weighted by Gasteiger charge is -2.35. The van der Waals surface area contributed by atoms with E-state index in [1.165, 1.54) is 11.0 Å². The molecule has 4 amide bonds. The predicted octanol–water partition coefficient (Wildman–Crippen LogP) is 10.3. The van der Waals surface area contributed by atoms with Gasteiger partial charge in [0.25, 0.3) is 0 Å². The number of alkyl halides is 3. The molecule has 0 bridgehead atoms. The monoisotopic (exact) mass is 1070 g/mol. The zero-order valence-electron chi connectivity index (χ0n) is 45.0. The molecule has 0 aliphatic carbocycles. The number of nitrogens with one attached hydrogen (secondary N) is 3. The summed E-state index contributed by atoms with van der Waals surface area (Å²) in [4.78, 5) is 72.5. The zero-order chi connectivity index (χ0) is 55.1. The number of amides is 4. The van der Waals surface area contributed by atoms with Crippen LogP contribution in [0, 0.1) is 19.3 Å². The van der Waals surface area contributed by atoms with Crippen LogP contribution in [0.5, 0.6) is 5.75 Å². The number of aromatic nitrogens is 3. The molecule has 3 aromatic carbocycles. The second-order valence-corrected chi connectivity index (χ2v) is 22.5. The average molecular weight is 1070 g/mol. The highest BCUT2D eigenvalue weighted by molar-refractivity contribution is 7.13. The number of carbonyl (C=O) groups excluding carboxylic acids is 4. The molecule has 19 heteroatoms. The van der Waals surface area contributed by atoms with Gasteiger partial charge in [-0.3, -0.25) is 19.2 Å². The fourth-order valence-electron chi connectivity index (χ4n) is 10.4. The molecule has 2 saturated heterocycles. The number of thiazole rings is 1. The zero-order valence-corrected chi connectivity index (χ0v) is 45.8. The first-order chi connectivity index (χ1) is 36.0. The molecule has 2 aliphatic rings. The van der Waals surface area contributed by atoms with E-state index in [1.807, 2.05) is 81.4 Å². The van der Waals surface area contributed by atoms with Gasteiger partial charge in [-0.2, -0.15) is 13.2 Å². The number of fused-ring (bicyclic) bond motifs is 1. The number of likely N-dealkylation sites (tertiary alicyclic amines) is 2. The number of aryl methyl sites for hydroxylation is 2. The summed E-state index contributed by atoms with van der Waals surface area (Å²) < 4.78 is 46.7. The maximum absolute atomic E-state index is 14.2. The molecule has 0 unspecified atom stereocenters. The second-order valence-electron chi connectivity index (χ2n) is 21.6. The highest BCUT2D eigenvalue weighted by Crippen LogP contribution is 2.40. The van der Waals surface area contributed by atoms with Crippen molar-refractivity contribution in [2.24, 2.45) is 5.41 Å². The van der Waals surface area contributed by atoms with Crippen LogP contribution in [0.25, 0.3) is 21.3 Å². The molecular formula is C57H74F3N9O6S. The maximum atomic E-state index is 14.2. The summed E-state index contributed by atoms with van der Waals surface area (Å²) in [6.45, 7) is 14.2. The number of methoxy groups -OCH3 is 1. The number of piperidine rings is 1. The van der Waals surface area contributed by atoms with Crippen molar-refractivity contribution < 1.29 is 42.2 Å². The lowest BCUT2D eigenvalue weighted by Crippen LogP contribution is -2.57. The normalized spacial score (nSPS) is 17.6. The number of aliphatic hydroxyl groups is 1. The van der Waals surface area contributed by atoms with E-state index >= 15 is 0 Å². The lowest BCUT2D eigenvalue weighted by molar-refractivity contribution is -0.144. The van der Waals surface area contributed by atoms with Crippen LogP contribution < -0.4 is 26.4 Å². The number of hydrogen-bond acceptors (Lipinski definition) is 12. The van der Waals surface area contributed by atoms with Crippen LogP contribution in [0.4, 0.5) is 24.7 Å². The van der Waals surface area contributed by atoms with Crippen molar-refractivity contribution in [1.29, 1.82) is 0 Å². The van der Waals surface area contributed by atoms with E-state index in [0.29, 0.717) is 59.8 Å². The Labute approximate surface area is 448 Å². The summed E-state index contributed by atoms with van der Waals surface area (Å²) in [6, 6.07) is 12.6. The van der Waals surface area contributed by atoms with E-state index in [1.54, 1.807) is 32.3 Å².